The van der Waals surface area contributed by atoms with E-state index in [1.54, 1.807) is 12.1 Å². The predicted octanol–water partition coefficient (Wildman–Crippen LogP) is 1.07. The molecule has 1 aromatic carbocycles. The van der Waals surface area contributed by atoms with Gasteiger partial charge < -0.3 is 10.5 Å². The summed E-state index contributed by atoms with van der Waals surface area (Å²) in [6.45, 7) is 8.70. The first kappa shape index (κ1) is 20.1. The Labute approximate surface area is 142 Å². The van der Waals surface area contributed by atoms with Crippen LogP contribution >= 0.6 is 0 Å². The summed E-state index contributed by atoms with van der Waals surface area (Å²) in [4.78, 5) is 22.7. The van der Waals surface area contributed by atoms with E-state index in [2.05, 4.69) is 4.72 Å². The number of hydrogen-bond acceptors (Lipinski definition) is 5. The number of rotatable bonds is 6. The van der Waals surface area contributed by atoms with Crippen LogP contribution in [0.4, 0.5) is 0 Å². The first-order valence-electron chi connectivity index (χ1n) is 7.47. The maximum Gasteiger partial charge on any atom is 0.324 e. The van der Waals surface area contributed by atoms with E-state index in [9.17, 15) is 18.0 Å². The van der Waals surface area contributed by atoms with Crippen molar-refractivity contribution >= 4 is 21.9 Å². The summed E-state index contributed by atoms with van der Waals surface area (Å²) in [7, 11) is -3.89. The van der Waals surface area contributed by atoms with Crippen molar-refractivity contribution in [2.24, 2.45) is 5.73 Å². The van der Waals surface area contributed by atoms with E-state index in [-0.39, 0.29) is 10.3 Å². The molecule has 1 rings (SSSR count). The SMILES string of the molecule is C[C@H](NS(=O)(=O)c1ccc(C(C)(C)C)cc1)C(=O)O[C@H](C)C(N)=O. The summed E-state index contributed by atoms with van der Waals surface area (Å²) in [6, 6.07) is 5.26. The topological polar surface area (TPSA) is 116 Å². The van der Waals surface area contributed by atoms with Crippen LogP contribution in [0.5, 0.6) is 0 Å². The highest BCUT2D eigenvalue weighted by atomic mass is 32.2. The van der Waals surface area contributed by atoms with Crippen molar-refractivity contribution < 1.29 is 22.7 Å². The Balaban J connectivity index is 2.85. The largest absolute Gasteiger partial charge is 0.451 e. The minimum Gasteiger partial charge on any atom is -0.451 e. The fourth-order valence-electron chi connectivity index (χ4n) is 1.82. The number of nitrogens with one attached hydrogen (secondary N) is 1. The first-order chi connectivity index (χ1) is 10.8. The van der Waals surface area contributed by atoms with Crippen LogP contribution in [-0.4, -0.2) is 32.4 Å². The molecule has 0 radical (unpaired) electrons. The maximum absolute atomic E-state index is 12.3. The summed E-state index contributed by atoms with van der Waals surface area (Å²) >= 11 is 0. The fourth-order valence-corrected chi connectivity index (χ4v) is 3.01. The number of primary amides is 1. The molecule has 7 nitrogen and oxygen atoms in total. The molecule has 0 aliphatic carbocycles. The van der Waals surface area contributed by atoms with Crippen LogP contribution < -0.4 is 10.5 Å². The number of esters is 1. The Morgan fingerprint density at radius 2 is 1.62 bits per heavy atom. The van der Waals surface area contributed by atoms with Crippen LogP contribution in [0.15, 0.2) is 29.2 Å². The summed E-state index contributed by atoms with van der Waals surface area (Å²) in [5.74, 6) is -1.69. The van der Waals surface area contributed by atoms with Crippen molar-refractivity contribution in [1.29, 1.82) is 0 Å². The molecule has 2 atom stereocenters. The van der Waals surface area contributed by atoms with E-state index >= 15 is 0 Å². The highest BCUT2D eigenvalue weighted by molar-refractivity contribution is 7.89. The maximum atomic E-state index is 12.3. The molecule has 0 bridgehead atoms. The zero-order chi connectivity index (χ0) is 18.7. The van der Waals surface area contributed by atoms with Gasteiger partial charge in [-0.15, -0.1) is 0 Å². The molecule has 3 N–H and O–H groups in total. The molecule has 8 heteroatoms. The van der Waals surface area contributed by atoms with Gasteiger partial charge in [0.2, 0.25) is 10.0 Å². The molecule has 0 unspecified atom stereocenters. The zero-order valence-corrected chi connectivity index (χ0v) is 15.3. The molecular formula is C16H24N2O5S. The number of ether oxygens (including phenoxy) is 1. The van der Waals surface area contributed by atoms with Gasteiger partial charge in [0.05, 0.1) is 4.90 Å². The number of carbonyl (C=O) groups excluding carboxylic acids is 2. The Bertz CT molecular complexity index is 705. The van der Waals surface area contributed by atoms with Gasteiger partial charge in [-0.3, -0.25) is 9.59 Å². The van der Waals surface area contributed by atoms with Gasteiger partial charge in [0, 0.05) is 0 Å². The van der Waals surface area contributed by atoms with E-state index in [1.807, 2.05) is 20.8 Å². The Morgan fingerprint density at radius 1 is 1.12 bits per heavy atom. The first-order valence-corrected chi connectivity index (χ1v) is 8.95. The molecule has 1 aromatic rings. The lowest BCUT2D eigenvalue weighted by molar-refractivity contribution is -0.155. The zero-order valence-electron chi connectivity index (χ0n) is 14.5. The highest BCUT2D eigenvalue weighted by Crippen LogP contribution is 2.23. The molecule has 0 heterocycles. The average molecular weight is 356 g/mol. The third-order valence-corrected chi connectivity index (χ3v) is 4.97. The summed E-state index contributed by atoms with van der Waals surface area (Å²) in [5.41, 5.74) is 5.89. The minimum absolute atomic E-state index is 0.0399. The highest BCUT2D eigenvalue weighted by Gasteiger charge is 2.26. The van der Waals surface area contributed by atoms with Gasteiger partial charge in [-0.25, -0.2) is 8.42 Å². The van der Waals surface area contributed by atoms with Crippen LogP contribution in [-0.2, 0) is 29.8 Å². The van der Waals surface area contributed by atoms with E-state index < -0.39 is 34.0 Å². The quantitative estimate of drug-likeness (QED) is 0.740. The minimum atomic E-state index is -3.89. The average Bonchev–Trinajstić information content (AvgIpc) is 2.45. The standard InChI is InChI=1S/C16H24N2O5S/c1-10(15(20)23-11(2)14(17)19)18-24(21,22)13-8-6-12(7-9-13)16(3,4)5/h6-11,18H,1-5H3,(H2,17,19)/t10-,11+/m0/s1. The number of amides is 1. The Kier molecular flexibility index (Phi) is 6.13. The molecule has 0 saturated heterocycles. The van der Waals surface area contributed by atoms with Gasteiger partial charge >= 0.3 is 5.97 Å². The van der Waals surface area contributed by atoms with E-state index in [4.69, 9.17) is 10.5 Å². The monoisotopic (exact) mass is 356 g/mol. The van der Waals surface area contributed by atoms with Gasteiger partial charge in [-0.2, -0.15) is 4.72 Å². The second-order valence-electron chi connectivity index (χ2n) is 6.60. The van der Waals surface area contributed by atoms with Crippen molar-refractivity contribution in [2.75, 3.05) is 0 Å². The molecule has 0 aliphatic heterocycles. The number of benzene rings is 1. The fraction of sp³-hybridized carbons (Fsp3) is 0.500. The Hall–Kier alpha value is -1.93. The third kappa shape index (κ3) is 5.31. The van der Waals surface area contributed by atoms with E-state index in [0.717, 1.165) is 5.56 Å². The van der Waals surface area contributed by atoms with E-state index in [1.165, 1.54) is 26.0 Å². The summed E-state index contributed by atoms with van der Waals surface area (Å²) in [6.07, 6.45) is -1.13. The smallest absolute Gasteiger partial charge is 0.324 e. The molecule has 0 saturated carbocycles. The van der Waals surface area contributed by atoms with Crippen molar-refractivity contribution in [1.82, 2.24) is 4.72 Å². The second kappa shape index (κ2) is 7.31. The summed E-state index contributed by atoms with van der Waals surface area (Å²) < 4.78 is 31.6. The van der Waals surface area contributed by atoms with Gasteiger partial charge in [0.15, 0.2) is 6.10 Å². The second-order valence-corrected chi connectivity index (χ2v) is 8.31. The van der Waals surface area contributed by atoms with Crippen molar-refractivity contribution in [3.8, 4) is 0 Å². The van der Waals surface area contributed by atoms with Crippen molar-refractivity contribution in [3.05, 3.63) is 29.8 Å². The third-order valence-electron chi connectivity index (χ3n) is 3.41. The molecule has 24 heavy (non-hydrogen) atoms. The van der Waals surface area contributed by atoms with Crippen LogP contribution in [0.1, 0.15) is 40.2 Å². The summed E-state index contributed by atoms with van der Waals surface area (Å²) in [5, 5.41) is 0. The number of hydrogen-bond donors (Lipinski definition) is 2. The lowest BCUT2D eigenvalue weighted by Crippen LogP contribution is -2.42. The van der Waals surface area contributed by atoms with Gasteiger partial charge in [0.25, 0.3) is 5.91 Å². The van der Waals surface area contributed by atoms with Crippen molar-refractivity contribution in [2.45, 2.75) is 57.1 Å². The van der Waals surface area contributed by atoms with Gasteiger partial charge in [-0.05, 0) is 37.0 Å². The van der Waals surface area contributed by atoms with Gasteiger partial charge in [0.1, 0.15) is 6.04 Å². The molecule has 0 aliphatic rings. The van der Waals surface area contributed by atoms with E-state index in [0.29, 0.717) is 0 Å². The number of sulfonamides is 1. The Morgan fingerprint density at radius 3 is 2.04 bits per heavy atom. The normalized spacial score (nSPS) is 14.7. The molecule has 0 aromatic heterocycles. The van der Waals surface area contributed by atoms with Crippen LogP contribution in [0, 0.1) is 0 Å². The number of carbonyl (C=O) groups is 2. The number of nitrogens with two attached hydrogens (primary N) is 1. The van der Waals surface area contributed by atoms with Gasteiger partial charge in [-0.1, -0.05) is 32.9 Å². The lowest BCUT2D eigenvalue weighted by Gasteiger charge is -2.19. The predicted molar refractivity (Wildman–Crippen MR) is 89.7 cm³/mol. The van der Waals surface area contributed by atoms with Crippen LogP contribution in [0.2, 0.25) is 0 Å². The molecular weight excluding hydrogens is 332 g/mol. The lowest BCUT2D eigenvalue weighted by atomic mass is 9.87. The molecule has 0 fully saturated rings. The van der Waals surface area contributed by atoms with Crippen LogP contribution in [0.25, 0.3) is 0 Å². The molecule has 0 spiro atoms. The molecule has 1 amide bonds. The van der Waals surface area contributed by atoms with Crippen molar-refractivity contribution in [3.63, 3.8) is 0 Å². The van der Waals surface area contributed by atoms with Crippen LogP contribution in [0.3, 0.4) is 0 Å². The molecule has 134 valence electrons.